The number of ether oxygens (including phenoxy) is 1. The minimum atomic E-state index is -0.307. The Hall–Kier alpha value is -1.09. The van der Waals surface area contributed by atoms with E-state index in [-0.39, 0.29) is 11.9 Å². The minimum absolute atomic E-state index is 0.121. The molecule has 0 radical (unpaired) electrons. The number of rotatable bonds is 3. The molecule has 2 N–H and O–H groups in total. The van der Waals surface area contributed by atoms with E-state index in [1.54, 1.807) is 6.07 Å². The van der Waals surface area contributed by atoms with E-state index in [9.17, 15) is 4.39 Å². The lowest BCUT2D eigenvalue weighted by Crippen LogP contribution is -2.09. The van der Waals surface area contributed by atoms with Gasteiger partial charge in [-0.25, -0.2) is 4.39 Å². The molecule has 0 saturated carbocycles. The molecule has 1 aromatic rings. The summed E-state index contributed by atoms with van der Waals surface area (Å²) in [5.41, 5.74) is 6.54. The maximum atomic E-state index is 13.0. The number of nitrogens with two attached hydrogens (primary N) is 1. The average Bonchev–Trinajstić information content (AvgIpc) is 2.15. The fraction of sp³-hybridized carbons (Fsp3) is 0.400. The monoisotopic (exact) mass is 183 g/mol. The van der Waals surface area contributed by atoms with Gasteiger partial charge in [-0.1, -0.05) is 6.92 Å². The van der Waals surface area contributed by atoms with Crippen molar-refractivity contribution in [2.45, 2.75) is 19.4 Å². The van der Waals surface area contributed by atoms with Gasteiger partial charge in [0.25, 0.3) is 0 Å². The Morgan fingerprint density at radius 2 is 2.15 bits per heavy atom. The molecule has 0 heterocycles. The zero-order chi connectivity index (χ0) is 9.84. The maximum Gasteiger partial charge on any atom is 0.127 e. The second kappa shape index (κ2) is 4.23. The lowest BCUT2D eigenvalue weighted by atomic mass is 10.1. The summed E-state index contributed by atoms with van der Waals surface area (Å²) < 4.78 is 17.9. The van der Waals surface area contributed by atoms with Crippen LogP contribution < -0.4 is 10.5 Å². The van der Waals surface area contributed by atoms with Crippen molar-refractivity contribution in [1.82, 2.24) is 0 Å². The molecule has 13 heavy (non-hydrogen) atoms. The second-order valence-corrected chi connectivity index (χ2v) is 2.94. The molecule has 0 fully saturated rings. The summed E-state index contributed by atoms with van der Waals surface area (Å²) in [5, 5.41) is 0. The van der Waals surface area contributed by atoms with Crippen molar-refractivity contribution >= 4 is 0 Å². The van der Waals surface area contributed by atoms with Gasteiger partial charge in [-0.2, -0.15) is 0 Å². The standard InChI is InChI=1S/C10H14FNO/c1-3-10(12)7-4-8(11)6-9(5-7)13-2/h4-6,10H,3,12H2,1-2H3. The van der Waals surface area contributed by atoms with Crippen molar-refractivity contribution in [3.05, 3.63) is 29.6 Å². The Morgan fingerprint density at radius 1 is 1.46 bits per heavy atom. The predicted octanol–water partition coefficient (Wildman–Crippen LogP) is 2.24. The molecular weight excluding hydrogens is 169 g/mol. The lowest BCUT2D eigenvalue weighted by Gasteiger charge is -2.10. The summed E-state index contributed by atoms with van der Waals surface area (Å²) in [6.07, 6.45) is 0.784. The van der Waals surface area contributed by atoms with Gasteiger partial charge in [0.05, 0.1) is 7.11 Å². The van der Waals surface area contributed by atoms with Gasteiger partial charge in [0.1, 0.15) is 11.6 Å². The van der Waals surface area contributed by atoms with Crippen LogP contribution in [0, 0.1) is 5.82 Å². The third-order valence-electron chi connectivity index (χ3n) is 2.00. The fourth-order valence-electron chi connectivity index (χ4n) is 1.15. The maximum absolute atomic E-state index is 13.0. The molecule has 1 rings (SSSR count). The first-order valence-corrected chi connectivity index (χ1v) is 4.27. The number of hydrogen-bond donors (Lipinski definition) is 1. The van der Waals surface area contributed by atoms with E-state index >= 15 is 0 Å². The SMILES string of the molecule is CCC(N)c1cc(F)cc(OC)c1. The molecule has 72 valence electrons. The summed E-state index contributed by atoms with van der Waals surface area (Å²) in [6.45, 7) is 1.96. The van der Waals surface area contributed by atoms with Crippen LogP contribution in [0.4, 0.5) is 4.39 Å². The molecule has 3 heteroatoms. The Kier molecular flexibility index (Phi) is 3.25. The van der Waals surface area contributed by atoms with E-state index < -0.39 is 0 Å². The van der Waals surface area contributed by atoms with Gasteiger partial charge in [-0.3, -0.25) is 0 Å². The normalized spacial score (nSPS) is 12.6. The van der Waals surface area contributed by atoms with Crippen molar-refractivity contribution in [2.75, 3.05) is 7.11 Å². The van der Waals surface area contributed by atoms with Crippen molar-refractivity contribution in [3.8, 4) is 5.75 Å². The molecule has 0 amide bonds. The molecule has 1 unspecified atom stereocenters. The zero-order valence-electron chi connectivity index (χ0n) is 7.88. The van der Waals surface area contributed by atoms with Crippen LogP contribution >= 0.6 is 0 Å². The predicted molar refractivity (Wildman–Crippen MR) is 50.2 cm³/mol. The summed E-state index contributed by atoms with van der Waals surface area (Å²) in [7, 11) is 1.51. The third-order valence-corrected chi connectivity index (χ3v) is 2.00. The van der Waals surface area contributed by atoms with Gasteiger partial charge in [-0.15, -0.1) is 0 Å². The molecule has 0 aliphatic carbocycles. The first-order valence-electron chi connectivity index (χ1n) is 4.27. The summed E-state index contributed by atoms with van der Waals surface area (Å²) in [6, 6.07) is 4.42. The van der Waals surface area contributed by atoms with E-state index in [0.717, 1.165) is 12.0 Å². The topological polar surface area (TPSA) is 35.2 Å². The van der Waals surface area contributed by atoms with Gasteiger partial charge in [0.2, 0.25) is 0 Å². The van der Waals surface area contributed by atoms with Gasteiger partial charge in [0, 0.05) is 12.1 Å². The van der Waals surface area contributed by atoms with Crippen LogP contribution in [0.15, 0.2) is 18.2 Å². The molecule has 0 aliphatic heterocycles. The molecule has 0 aliphatic rings. The Morgan fingerprint density at radius 3 is 2.69 bits per heavy atom. The first-order chi connectivity index (χ1) is 6.17. The number of hydrogen-bond acceptors (Lipinski definition) is 2. The Labute approximate surface area is 77.5 Å². The number of benzene rings is 1. The minimum Gasteiger partial charge on any atom is -0.497 e. The van der Waals surface area contributed by atoms with Crippen LogP contribution in [-0.4, -0.2) is 7.11 Å². The summed E-state index contributed by atoms with van der Waals surface area (Å²) >= 11 is 0. The summed E-state index contributed by atoms with van der Waals surface area (Å²) in [4.78, 5) is 0. The highest BCUT2D eigenvalue weighted by Gasteiger charge is 2.06. The first kappa shape index (κ1) is 9.99. The molecule has 0 bridgehead atoms. The molecule has 2 nitrogen and oxygen atoms in total. The van der Waals surface area contributed by atoms with E-state index in [4.69, 9.17) is 10.5 Å². The van der Waals surface area contributed by atoms with Crippen molar-refractivity contribution in [1.29, 1.82) is 0 Å². The largest absolute Gasteiger partial charge is 0.497 e. The van der Waals surface area contributed by atoms with Crippen LogP contribution in [0.2, 0.25) is 0 Å². The van der Waals surface area contributed by atoms with Crippen LogP contribution in [0.1, 0.15) is 24.9 Å². The van der Waals surface area contributed by atoms with Crippen LogP contribution in [0.25, 0.3) is 0 Å². The highest BCUT2D eigenvalue weighted by molar-refractivity contribution is 5.31. The van der Waals surface area contributed by atoms with Crippen LogP contribution in [-0.2, 0) is 0 Å². The Bertz CT molecular complexity index is 288. The molecule has 0 aromatic heterocycles. The fourth-order valence-corrected chi connectivity index (χ4v) is 1.15. The third kappa shape index (κ3) is 2.42. The van der Waals surface area contributed by atoms with Crippen LogP contribution in [0.5, 0.6) is 5.75 Å². The molecule has 1 atom stereocenters. The highest BCUT2D eigenvalue weighted by atomic mass is 19.1. The van der Waals surface area contributed by atoms with Crippen molar-refractivity contribution < 1.29 is 9.13 Å². The zero-order valence-corrected chi connectivity index (χ0v) is 7.88. The van der Waals surface area contributed by atoms with E-state index in [1.807, 2.05) is 6.92 Å². The highest BCUT2D eigenvalue weighted by Crippen LogP contribution is 2.21. The van der Waals surface area contributed by atoms with Crippen LogP contribution in [0.3, 0.4) is 0 Å². The van der Waals surface area contributed by atoms with Crippen molar-refractivity contribution in [3.63, 3.8) is 0 Å². The van der Waals surface area contributed by atoms with Gasteiger partial charge in [0.15, 0.2) is 0 Å². The molecule has 0 saturated heterocycles. The second-order valence-electron chi connectivity index (χ2n) is 2.94. The van der Waals surface area contributed by atoms with Crippen molar-refractivity contribution in [2.24, 2.45) is 5.73 Å². The average molecular weight is 183 g/mol. The van der Waals surface area contributed by atoms with E-state index in [2.05, 4.69) is 0 Å². The quantitative estimate of drug-likeness (QED) is 0.780. The van der Waals surface area contributed by atoms with E-state index in [0.29, 0.717) is 5.75 Å². The lowest BCUT2D eigenvalue weighted by molar-refractivity contribution is 0.410. The smallest absolute Gasteiger partial charge is 0.127 e. The van der Waals surface area contributed by atoms with Gasteiger partial charge in [-0.05, 0) is 24.1 Å². The molecular formula is C10H14FNO. The van der Waals surface area contributed by atoms with E-state index in [1.165, 1.54) is 19.2 Å². The van der Waals surface area contributed by atoms with Gasteiger partial charge < -0.3 is 10.5 Å². The molecule has 0 spiro atoms. The Balaban J connectivity index is 3.01. The summed E-state index contributed by atoms with van der Waals surface area (Å²) in [5.74, 6) is 0.206. The van der Waals surface area contributed by atoms with Gasteiger partial charge >= 0.3 is 0 Å². The number of halogens is 1. The number of methoxy groups -OCH3 is 1. The molecule has 1 aromatic carbocycles.